The molecule has 0 saturated carbocycles. The molecule has 1 amide bonds. The lowest BCUT2D eigenvalue weighted by Crippen LogP contribution is -2.14. The number of ether oxygens (including phenoxy) is 4. The maximum atomic E-state index is 12.4. The zero-order chi connectivity index (χ0) is 26.0. The highest BCUT2D eigenvalue weighted by atomic mass is 35.5. The molecule has 0 fully saturated rings. The second-order valence-electron chi connectivity index (χ2n) is 7.62. The Morgan fingerprint density at radius 2 is 1.78 bits per heavy atom. The van der Waals surface area contributed by atoms with Crippen LogP contribution in [0, 0.1) is 0 Å². The molecule has 0 aliphatic rings. The van der Waals surface area contributed by atoms with Gasteiger partial charge < -0.3 is 24.3 Å². The quantitative estimate of drug-likeness (QED) is 0.176. The minimum absolute atomic E-state index is 0.147. The summed E-state index contributed by atoms with van der Waals surface area (Å²) in [7, 11) is 3.23. The van der Waals surface area contributed by atoms with Crippen molar-refractivity contribution in [3.8, 4) is 11.5 Å². The molecule has 9 nitrogen and oxygen atoms in total. The summed E-state index contributed by atoms with van der Waals surface area (Å²) in [5.74, 6) is 0.961. The van der Waals surface area contributed by atoms with E-state index in [4.69, 9.17) is 30.5 Å². The van der Waals surface area contributed by atoms with Gasteiger partial charge in [-0.15, -0.1) is 11.3 Å². The fourth-order valence-corrected chi connectivity index (χ4v) is 5.26. The number of nitrogens with one attached hydrogen (secondary N) is 1. The average molecular weight is 561 g/mol. The van der Waals surface area contributed by atoms with Crippen molar-refractivity contribution in [3.05, 3.63) is 58.8 Å². The van der Waals surface area contributed by atoms with Crippen LogP contribution < -0.4 is 14.8 Å². The number of anilines is 1. The lowest BCUT2D eigenvalue weighted by atomic mass is 10.2. The number of amides is 1. The predicted octanol–water partition coefficient (Wildman–Crippen LogP) is 5.12. The van der Waals surface area contributed by atoms with Crippen LogP contribution in [-0.2, 0) is 20.7 Å². The lowest BCUT2D eigenvalue weighted by Gasteiger charge is -2.14. The number of carbonyl (C=O) groups excluding carboxylic acids is 1. The van der Waals surface area contributed by atoms with E-state index in [1.54, 1.807) is 38.5 Å². The van der Waals surface area contributed by atoms with Crippen LogP contribution in [0.3, 0.4) is 0 Å². The molecule has 0 aliphatic carbocycles. The Hall–Kier alpha value is -2.96. The van der Waals surface area contributed by atoms with Gasteiger partial charge >= 0.3 is 0 Å². The summed E-state index contributed by atoms with van der Waals surface area (Å²) in [5, 5.41) is 6.78. The maximum absolute atomic E-state index is 12.4. The molecule has 0 saturated heterocycles. The highest BCUT2D eigenvalue weighted by Crippen LogP contribution is 2.38. The van der Waals surface area contributed by atoms with Gasteiger partial charge in [-0.25, -0.2) is 15.0 Å². The third-order valence-electron chi connectivity index (χ3n) is 4.92. The number of rotatable bonds is 13. The molecular formula is C25H25ClN4O5S2. The number of hydrogen-bond acceptors (Lipinski definition) is 10. The van der Waals surface area contributed by atoms with E-state index in [0.29, 0.717) is 64.9 Å². The van der Waals surface area contributed by atoms with Gasteiger partial charge in [0.2, 0.25) is 5.91 Å². The third kappa shape index (κ3) is 7.76. The molecule has 0 atom stereocenters. The Balaban J connectivity index is 1.50. The standard InChI is InChI=1S/C25H25ClN4O5S2/c1-32-6-8-34-21-12-19-20(13-22(21)35-9-7-33-2)27-15-28-24(19)37-25-30-18(14-36-25)11-23(31)29-17-5-3-4-16(26)10-17/h3-5,10,12-15H,6-9,11H2,1-2H3,(H,29,31). The molecule has 4 aromatic rings. The van der Waals surface area contributed by atoms with Crippen molar-refractivity contribution in [2.45, 2.75) is 15.8 Å². The molecular weight excluding hydrogens is 536 g/mol. The number of methoxy groups -OCH3 is 2. The van der Waals surface area contributed by atoms with Crippen LogP contribution in [0.2, 0.25) is 5.02 Å². The zero-order valence-electron chi connectivity index (χ0n) is 20.2. The Morgan fingerprint density at radius 1 is 1.03 bits per heavy atom. The Morgan fingerprint density at radius 3 is 2.51 bits per heavy atom. The first-order valence-electron chi connectivity index (χ1n) is 11.3. The van der Waals surface area contributed by atoms with Crippen molar-refractivity contribution in [1.82, 2.24) is 15.0 Å². The molecule has 1 N–H and O–H groups in total. The van der Waals surface area contributed by atoms with Gasteiger partial charge in [0.05, 0.1) is 30.8 Å². The third-order valence-corrected chi connectivity index (χ3v) is 7.16. The second-order valence-corrected chi connectivity index (χ2v) is 10.2. The van der Waals surface area contributed by atoms with E-state index < -0.39 is 0 Å². The van der Waals surface area contributed by atoms with Gasteiger partial charge in [0.1, 0.15) is 24.6 Å². The van der Waals surface area contributed by atoms with Gasteiger partial charge in [-0.1, -0.05) is 17.7 Å². The molecule has 12 heteroatoms. The van der Waals surface area contributed by atoms with Crippen molar-refractivity contribution >= 4 is 57.2 Å². The minimum Gasteiger partial charge on any atom is -0.487 e. The van der Waals surface area contributed by atoms with Crippen LogP contribution in [0.5, 0.6) is 11.5 Å². The summed E-state index contributed by atoms with van der Waals surface area (Å²) < 4.78 is 22.7. The summed E-state index contributed by atoms with van der Waals surface area (Å²) in [5.41, 5.74) is 2.02. The van der Waals surface area contributed by atoms with Crippen LogP contribution in [-0.4, -0.2) is 61.5 Å². The Kier molecular flexibility index (Phi) is 9.92. The number of nitrogens with zero attached hydrogens (tertiary/aromatic N) is 3. The fraction of sp³-hybridized carbons (Fsp3) is 0.280. The van der Waals surface area contributed by atoms with E-state index in [0.717, 1.165) is 9.73 Å². The number of halogens is 1. The summed E-state index contributed by atoms with van der Waals surface area (Å²) in [4.78, 5) is 25.9. The number of fused-ring (bicyclic) bond motifs is 1. The topological polar surface area (TPSA) is 105 Å². The van der Waals surface area contributed by atoms with E-state index in [1.165, 1.54) is 29.4 Å². The largest absolute Gasteiger partial charge is 0.487 e. The first kappa shape index (κ1) is 27.1. The van der Waals surface area contributed by atoms with Crippen molar-refractivity contribution in [2.24, 2.45) is 0 Å². The number of thiazole rings is 1. The first-order chi connectivity index (χ1) is 18.1. The Labute approximate surface area is 227 Å². The molecule has 4 rings (SSSR count). The SMILES string of the molecule is COCCOc1cc2ncnc(Sc3nc(CC(=O)Nc4cccc(Cl)c4)cs3)c2cc1OCCOC. The number of benzene rings is 2. The van der Waals surface area contributed by atoms with Crippen LogP contribution in [0.15, 0.2) is 57.5 Å². The highest BCUT2D eigenvalue weighted by Gasteiger charge is 2.15. The van der Waals surface area contributed by atoms with Crippen LogP contribution >= 0.6 is 34.7 Å². The van der Waals surface area contributed by atoms with Gasteiger partial charge in [-0.3, -0.25) is 4.79 Å². The molecule has 37 heavy (non-hydrogen) atoms. The van der Waals surface area contributed by atoms with E-state index in [1.807, 2.05) is 17.5 Å². The van der Waals surface area contributed by atoms with Crippen molar-refractivity contribution < 1.29 is 23.7 Å². The number of carbonyl (C=O) groups is 1. The Bertz CT molecular complexity index is 1350. The molecule has 2 aromatic carbocycles. The minimum atomic E-state index is -0.171. The average Bonchev–Trinajstić information content (AvgIpc) is 3.31. The summed E-state index contributed by atoms with van der Waals surface area (Å²) in [6.07, 6.45) is 1.65. The van der Waals surface area contributed by atoms with E-state index >= 15 is 0 Å². The van der Waals surface area contributed by atoms with Crippen LogP contribution in [0.25, 0.3) is 10.9 Å². The van der Waals surface area contributed by atoms with Gasteiger partial charge in [0.25, 0.3) is 0 Å². The molecule has 2 heterocycles. The maximum Gasteiger partial charge on any atom is 0.230 e. The van der Waals surface area contributed by atoms with Gasteiger partial charge in [0.15, 0.2) is 15.8 Å². The molecule has 0 spiro atoms. The molecule has 0 unspecified atom stereocenters. The van der Waals surface area contributed by atoms with E-state index in [-0.39, 0.29) is 12.3 Å². The van der Waals surface area contributed by atoms with Gasteiger partial charge in [0, 0.05) is 41.8 Å². The van der Waals surface area contributed by atoms with E-state index in [2.05, 4.69) is 20.3 Å². The molecule has 0 bridgehead atoms. The molecule has 2 aromatic heterocycles. The molecule has 0 radical (unpaired) electrons. The molecule has 194 valence electrons. The first-order valence-corrected chi connectivity index (χ1v) is 13.3. The smallest absolute Gasteiger partial charge is 0.230 e. The number of aromatic nitrogens is 3. The highest BCUT2D eigenvalue weighted by molar-refractivity contribution is 8.01. The summed E-state index contributed by atoms with van der Waals surface area (Å²) >= 11 is 8.84. The lowest BCUT2D eigenvalue weighted by molar-refractivity contribution is -0.115. The van der Waals surface area contributed by atoms with E-state index in [9.17, 15) is 4.79 Å². The second kappa shape index (κ2) is 13.5. The van der Waals surface area contributed by atoms with Crippen molar-refractivity contribution in [2.75, 3.05) is 46.0 Å². The summed E-state index contributed by atoms with van der Waals surface area (Å²) in [6, 6.07) is 10.7. The molecule has 0 aliphatic heterocycles. The predicted molar refractivity (Wildman–Crippen MR) is 144 cm³/mol. The van der Waals surface area contributed by atoms with Crippen molar-refractivity contribution in [3.63, 3.8) is 0 Å². The number of hydrogen-bond donors (Lipinski definition) is 1. The van der Waals surface area contributed by atoms with Crippen LogP contribution in [0.1, 0.15) is 5.69 Å². The normalized spacial score (nSPS) is 11.0. The van der Waals surface area contributed by atoms with Gasteiger partial charge in [-0.05, 0) is 36.0 Å². The zero-order valence-corrected chi connectivity index (χ0v) is 22.6. The monoisotopic (exact) mass is 560 g/mol. The van der Waals surface area contributed by atoms with Crippen LogP contribution in [0.4, 0.5) is 5.69 Å². The fourth-order valence-electron chi connectivity index (χ4n) is 3.25. The van der Waals surface area contributed by atoms with Crippen molar-refractivity contribution in [1.29, 1.82) is 0 Å². The van der Waals surface area contributed by atoms with Gasteiger partial charge in [-0.2, -0.15) is 0 Å². The summed E-state index contributed by atoms with van der Waals surface area (Å²) in [6.45, 7) is 1.63.